The molecule has 1 aliphatic carbocycles. The molecule has 174 valence electrons. The first-order valence-corrected chi connectivity index (χ1v) is 12.4. The minimum atomic E-state index is -0.399. The van der Waals surface area contributed by atoms with Crippen molar-refractivity contribution in [2.24, 2.45) is 5.92 Å². The average molecular weight is 516 g/mol. The van der Waals surface area contributed by atoms with Crippen LogP contribution in [0.2, 0.25) is 5.02 Å². The zero-order valence-electron chi connectivity index (χ0n) is 17.6. The number of halogens is 2. The average Bonchev–Trinajstić information content (AvgIpc) is 3.15. The van der Waals surface area contributed by atoms with E-state index in [4.69, 9.17) is 23.2 Å². The van der Waals surface area contributed by atoms with Crippen LogP contribution in [0.25, 0.3) is 0 Å². The zero-order chi connectivity index (χ0) is 24.0. The monoisotopic (exact) mass is 515 g/mol. The smallest absolute Gasteiger partial charge is 0.282 e. The van der Waals surface area contributed by atoms with Gasteiger partial charge in [0.2, 0.25) is 0 Å². The van der Waals surface area contributed by atoms with Crippen LogP contribution in [0.15, 0.2) is 71.6 Å². The minimum Gasteiger partial charge on any atom is -0.378 e. The highest BCUT2D eigenvalue weighted by Gasteiger charge is 2.50. The molecule has 3 aromatic carbocycles. The number of rotatable bonds is 5. The van der Waals surface area contributed by atoms with Crippen molar-refractivity contribution in [3.63, 3.8) is 0 Å². The molecule has 7 nitrogen and oxygen atoms in total. The van der Waals surface area contributed by atoms with Crippen LogP contribution in [0, 0.1) is 26.1 Å². The van der Waals surface area contributed by atoms with Crippen molar-refractivity contribution < 1.29 is 9.85 Å². The fourth-order valence-corrected chi connectivity index (χ4v) is 7.24. The number of para-hydroxylation sites is 1. The third-order valence-electron chi connectivity index (χ3n) is 6.56. The fourth-order valence-electron chi connectivity index (χ4n) is 5.12. The van der Waals surface area contributed by atoms with Gasteiger partial charge in [-0.1, -0.05) is 35.9 Å². The van der Waals surface area contributed by atoms with Crippen molar-refractivity contribution in [1.29, 1.82) is 0 Å². The van der Waals surface area contributed by atoms with E-state index < -0.39 is 4.92 Å². The van der Waals surface area contributed by atoms with Gasteiger partial charge in [0, 0.05) is 40.1 Å². The van der Waals surface area contributed by atoms with Gasteiger partial charge in [-0.05, 0) is 47.7 Å². The second-order valence-electron chi connectivity index (χ2n) is 8.46. The van der Waals surface area contributed by atoms with Crippen molar-refractivity contribution in [3.05, 3.63) is 103 Å². The lowest BCUT2D eigenvalue weighted by molar-refractivity contribution is -0.387. The predicted molar refractivity (Wildman–Crippen MR) is 134 cm³/mol. The summed E-state index contributed by atoms with van der Waals surface area (Å²) in [6.45, 7) is 0. The van der Waals surface area contributed by atoms with Gasteiger partial charge >= 0.3 is 0 Å². The van der Waals surface area contributed by atoms with Gasteiger partial charge in [0.15, 0.2) is 0 Å². The number of non-ortho nitro benzene ring substituents is 1. The van der Waals surface area contributed by atoms with Gasteiger partial charge in [-0.3, -0.25) is 20.2 Å². The number of nitro groups is 2. The van der Waals surface area contributed by atoms with Crippen LogP contribution in [0.4, 0.5) is 17.1 Å². The number of benzene rings is 3. The van der Waals surface area contributed by atoms with Crippen LogP contribution >= 0.6 is 35.0 Å². The molecule has 0 bridgehead atoms. The molecule has 0 radical (unpaired) electrons. The number of nitrogens with one attached hydrogen (secondary N) is 1. The van der Waals surface area contributed by atoms with Crippen LogP contribution in [-0.2, 0) is 0 Å². The lowest BCUT2D eigenvalue weighted by Gasteiger charge is -2.38. The molecule has 1 saturated carbocycles. The number of hydrogen-bond acceptors (Lipinski definition) is 6. The summed E-state index contributed by atoms with van der Waals surface area (Å²) >= 11 is 14.8. The summed E-state index contributed by atoms with van der Waals surface area (Å²) in [6, 6.07) is 18.7. The summed E-state index contributed by atoms with van der Waals surface area (Å²) in [5.41, 5.74) is 2.80. The quantitative estimate of drug-likeness (QED) is 0.219. The van der Waals surface area contributed by atoms with E-state index in [2.05, 4.69) is 5.32 Å². The lowest BCUT2D eigenvalue weighted by Crippen LogP contribution is -2.31. The van der Waals surface area contributed by atoms with E-state index in [9.17, 15) is 20.2 Å². The van der Waals surface area contributed by atoms with Gasteiger partial charge in [0.05, 0.1) is 26.2 Å². The van der Waals surface area contributed by atoms with Gasteiger partial charge < -0.3 is 5.32 Å². The van der Waals surface area contributed by atoms with Crippen molar-refractivity contribution >= 4 is 52.0 Å². The van der Waals surface area contributed by atoms with Crippen molar-refractivity contribution in [2.45, 2.75) is 33.9 Å². The minimum absolute atomic E-state index is 0.0238. The summed E-state index contributed by atoms with van der Waals surface area (Å²) in [6.07, 6.45) is 0.682. The summed E-state index contributed by atoms with van der Waals surface area (Å²) < 4.78 is 0. The van der Waals surface area contributed by atoms with Gasteiger partial charge in [-0.15, -0.1) is 23.4 Å². The predicted octanol–water partition coefficient (Wildman–Crippen LogP) is 7.20. The van der Waals surface area contributed by atoms with Crippen LogP contribution in [0.3, 0.4) is 0 Å². The van der Waals surface area contributed by atoms with E-state index >= 15 is 0 Å². The number of alkyl halides is 1. The Kier molecular flexibility index (Phi) is 6.14. The number of thioether (sulfide) groups is 1. The molecule has 1 heterocycles. The van der Waals surface area contributed by atoms with E-state index in [0.29, 0.717) is 16.3 Å². The van der Waals surface area contributed by atoms with E-state index in [-0.39, 0.29) is 44.8 Å². The maximum Gasteiger partial charge on any atom is 0.282 e. The lowest BCUT2D eigenvalue weighted by atomic mass is 9.77. The molecule has 0 amide bonds. The second-order valence-corrected chi connectivity index (χ2v) is 10.7. The Morgan fingerprint density at radius 1 is 0.971 bits per heavy atom. The molecule has 5 atom stereocenters. The third-order valence-corrected chi connectivity index (χ3v) is 8.90. The Morgan fingerprint density at radius 2 is 1.76 bits per heavy atom. The van der Waals surface area contributed by atoms with E-state index in [1.807, 2.05) is 18.2 Å². The van der Waals surface area contributed by atoms with Crippen LogP contribution in [0.5, 0.6) is 0 Å². The van der Waals surface area contributed by atoms with Gasteiger partial charge in [-0.25, -0.2) is 0 Å². The Bertz CT molecular complexity index is 1290. The number of nitrogens with zero attached hydrogens (tertiary/aromatic N) is 2. The standard InChI is InChI=1S/C24H19Cl2N3O4S/c25-14-8-9-18-16(11-14)22-17(24(27-18)13-4-3-5-15(10-13)28(30)31)12-21(23(22)26)34-20-7-2-1-6-19(20)29(32)33/h1-11,17,21-24,27H,12H2/t17-,21+,22-,23+,24-/m0/s1. The SMILES string of the molecule is O=[N+]([O-])c1cccc([C@@H]2Nc3ccc(Cl)cc3[C@@H]3[C@H](Cl)[C@H](Sc4ccccc4[N+](=O)[O-])C[C@@H]32)c1. The first-order valence-electron chi connectivity index (χ1n) is 10.7. The summed E-state index contributed by atoms with van der Waals surface area (Å²) in [5, 5.41) is 26.7. The maximum absolute atomic E-state index is 11.5. The van der Waals surface area contributed by atoms with Gasteiger partial charge in [0.25, 0.3) is 11.4 Å². The molecule has 0 spiro atoms. The molecule has 1 fully saturated rings. The Labute approximate surface area is 209 Å². The normalized spacial score (nSPS) is 25.2. The highest BCUT2D eigenvalue weighted by Crippen LogP contribution is 2.58. The van der Waals surface area contributed by atoms with Crippen LogP contribution in [0.1, 0.15) is 29.5 Å². The molecule has 5 rings (SSSR count). The van der Waals surface area contributed by atoms with E-state index in [1.165, 1.54) is 23.9 Å². The summed E-state index contributed by atoms with van der Waals surface area (Å²) in [5.74, 6) is -0.0445. The van der Waals surface area contributed by atoms with Gasteiger partial charge in [0.1, 0.15) is 0 Å². The highest BCUT2D eigenvalue weighted by atomic mass is 35.5. The van der Waals surface area contributed by atoms with E-state index in [1.54, 1.807) is 36.4 Å². The Hall–Kier alpha value is -2.81. The topological polar surface area (TPSA) is 98.3 Å². The van der Waals surface area contributed by atoms with Crippen molar-refractivity contribution in [2.75, 3.05) is 5.32 Å². The molecular weight excluding hydrogens is 497 g/mol. The summed E-state index contributed by atoms with van der Waals surface area (Å²) in [7, 11) is 0. The fraction of sp³-hybridized carbons (Fsp3) is 0.250. The first kappa shape index (κ1) is 23.0. The van der Waals surface area contributed by atoms with Gasteiger partial charge in [-0.2, -0.15) is 0 Å². The molecule has 0 unspecified atom stereocenters. The molecule has 34 heavy (non-hydrogen) atoms. The molecule has 2 aliphatic rings. The molecular formula is C24H19Cl2N3O4S. The number of fused-ring (bicyclic) bond motifs is 3. The Balaban J connectivity index is 1.55. The molecule has 10 heteroatoms. The second kappa shape index (κ2) is 9.09. The Morgan fingerprint density at radius 3 is 2.53 bits per heavy atom. The molecule has 1 aliphatic heterocycles. The number of anilines is 1. The molecule has 0 aromatic heterocycles. The number of hydrogen-bond donors (Lipinski definition) is 1. The number of nitro benzene ring substituents is 2. The summed E-state index contributed by atoms with van der Waals surface area (Å²) in [4.78, 5) is 22.7. The maximum atomic E-state index is 11.5. The third kappa shape index (κ3) is 4.10. The molecule has 1 N–H and O–H groups in total. The zero-order valence-corrected chi connectivity index (χ0v) is 20.0. The van der Waals surface area contributed by atoms with Crippen molar-refractivity contribution in [1.82, 2.24) is 0 Å². The van der Waals surface area contributed by atoms with Crippen molar-refractivity contribution in [3.8, 4) is 0 Å². The van der Waals surface area contributed by atoms with Crippen LogP contribution in [-0.4, -0.2) is 20.5 Å². The molecule has 0 saturated heterocycles. The first-order chi connectivity index (χ1) is 16.3. The highest BCUT2D eigenvalue weighted by molar-refractivity contribution is 8.00. The van der Waals surface area contributed by atoms with E-state index in [0.717, 1.165) is 16.8 Å². The largest absolute Gasteiger partial charge is 0.378 e. The molecule has 3 aromatic rings. The van der Waals surface area contributed by atoms with Crippen LogP contribution < -0.4 is 5.32 Å².